The number of rotatable bonds is 3. The second kappa shape index (κ2) is 6.26. The molecular formula is C12H23ClN2O3S. The quantitative estimate of drug-likeness (QED) is 0.823. The lowest BCUT2D eigenvalue weighted by Crippen LogP contribution is -2.45. The lowest BCUT2D eigenvalue weighted by molar-refractivity contribution is 0.125. The van der Waals surface area contributed by atoms with Crippen LogP contribution in [-0.4, -0.2) is 57.4 Å². The van der Waals surface area contributed by atoms with Crippen LogP contribution < -0.4 is 5.32 Å². The molecule has 3 saturated heterocycles. The average molecular weight is 311 g/mol. The number of nitrogens with one attached hydrogen (secondary N) is 1. The number of sulfonamides is 1. The third-order valence-corrected chi connectivity index (χ3v) is 6.39. The number of halogens is 1. The first-order valence-corrected chi connectivity index (χ1v) is 8.56. The molecule has 3 rings (SSSR count). The molecule has 3 aliphatic heterocycles. The summed E-state index contributed by atoms with van der Waals surface area (Å²) < 4.78 is 31.9. The molecule has 0 saturated carbocycles. The van der Waals surface area contributed by atoms with Crippen LogP contribution in [0.2, 0.25) is 0 Å². The Morgan fingerprint density at radius 3 is 2.74 bits per heavy atom. The van der Waals surface area contributed by atoms with Gasteiger partial charge in [-0.05, 0) is 44.2 Å². The number of hydrogen-bond acceptors (Lipinski definition) is 4. The van der Waals surface area contributed by atoms with Crippen molar-refractivity contribution in [3.05, 3.63) is 0 Å². The van der Waals surface area contributed by atoms with Crippen LogP contribution in [0.5, 0.6) is 0 Å². The van der Waals surface area contributed by atoms with Gasteiger partial charge in [-0.25, -0.2) is 12.7 Å². The minimum absolute atomic E-state index is 0. The maximum absolute atomic E-state index is 12.4. The average Bonchev–Trinajstić information content (AvgIpc) is 2.97. The summed E-state index contributed by atoms with van der Waals surface area (Å²) in [5.74, 6) is 1.37. The molecule has 3 aliphatic rings. The van der Waals surface area contributed by atoms with Crippen LogP contribution in [0, 0.1) is 11.8 Å². The van der Waals surface area contributed by atoms with Crippen molar-refractivity contribution in [2.24, 2.45) is 11.8 Å². The van der Waals surface area contributed by atoms with Gasteiger partial charge in [-0.2, -0.15) is 0 Å². The number of piperidine rings is 1. The molecule has 0 radical (unpaired) electrons. The molecule has 3 fully saturated rings. The first-order chi connectivity index (χ1) is 8.65. The van der Waals surface area contributed by atoms with Crippen LogP contribution >= 0.6 is 12.4 Å². The zero-order valence-electron chi connectivity index (χ0n) is 11.1. The van der Waals surface area contributed by atoms with E-state index >= 15 is 0 Å². The van der Waals surface area contributed by atoms with Gasteiger partial charge in [0.05, 0.1) is 11.9 Å². The molecule has 112 valence electrons. The Balaban J connectivity index is 0.00000133. The number of ether oxygens (including phenoxy) is 1. The van der Waals surface area contributed by atoms with Gasteiger partial charge in [0.2, 0.25) is 10.0 Å². The predicted octanol–water partition coefficient (Wildman–Crippen LogP) is 0.458. The summed E-state index contributed by atoms with van der Waals surface area (Å²) in [5, 5.41) is 3.36. The second-order valence-electron chi connectivity index (χ2n) is 5.74. The van der Waals surface area contributed by atoms with Crippen molar-refractivity contribution in [2.75, 3.05) is 38.5 Å². The summed E-state index contributed by atoms with van der Waals surface area (Å²) in [6.45, 7) is 4.14. The molecule has 3 heterocycles. The Morgan fingerprint density at radius 2 is 2.00 bits per heavy atom. The van der Waals surface area contributed by atoms with E-state index in [4.69, 9.17) is 4.74 Å². The zero-order valence-corrected chi connectivity index (χ0v) is 12.7. The fourth-order valence-electron chi connectivity index (χ4n) is 3.37. The van der Waals surface area contributed by atoms with Crippen molar-refractivity contribution in [3.8, 4) is 0 Å². The molecule has 7 heteroatoms. The molecule has 0 aliphatic carbocycles. The molecular weight excluding hydrogens is 288 g/mol. The summed E-state index contributed by atoms with van der Waals surface area (Å²) >= 11 is 0. The molecule has 5 nitrogen and oxygen atoms in total. The third-order valence-electron chi connectivity index (χ3n) is 4.48. The molecule has 3 unspecified atom stereocenters. The number of nitrogens with zero attached hydrogens (tertiary/aromatic N) is 1. The van der Waals surface area contributed by atoms with Crippen molar-refractivity contribution < 1.29 is 13.2 Å². The first-order valence-electron chi connectivity index (χ1n) is 6.95. The molecule has 0 bridgehead atoms. The summed E-state index contributed by atoms with van der Waals surface area (Å²) in [4.78, 5) is 0. The normalized spacial score (nSPS) is 35.9. The van der Waals surface area contributed by atoms with Crippen LogP contribution in [0.4, 0.5) is 0 Å². The molecule has 19 heavy (non-hydrogen) atoms. The van der Waals surface area contributed by atoms with Crippen LogP contribution in [0.15, 0.2) is 0 Å². The first kappa shape index (κ1) is 15.5. The highest BCUT2D eigenvalue weighted by Gasteiger charge is 2.38. The smallest absolute Gasteiger partial charge is 0.216 e. The Kier molecular flexibility index (Phi) is 5.11. The van der Waals surface area contributed by atoms with Gasteiger partial charge in [0.1, 0.15) is 0 Å². The van der Waals surface area contributed by atoms with E-state index in [2.05, 4.69) is 5.32 Å². The van der Waals surface area contributed by atoms with E-state index < -0.39 is 10.0 Å². The van der Waals surface area contributed by atoms with E-state index in [9.17, 15) is 8.42 Å². The van der Waals surface area contributed by atoms with E-state index in [1.54, 1.807) is 4.31 Å². The van der Waals surface area contributed by atoms with E-state index in [0.29, 0.717) is 24.9 Å². The Hall–Kier alpha value is 0.120. The lowest BCUT2D eigenvalue weighted by Gasteiger charge is -2.34. The monoisotopic (exact) mass is 310 g/mol. The minimum atomic E-state index is -3.12. The van der Waals surface area contributed by atoms with Gasteiger partial charge >= 0.3 is 0 Å². The standard InChI is InChI=1S/C12H22N2O3S.ClH/c15-18(16,9-12-2-1-5-17-12)14-4-3-10-6-13-7-11(10)8-14;/h10-13H,1-9H2;1H. The fourth-order valence-corrected chi connectivity index (χ4v) is 5.12. The Labute approximate surface area is 121 Å². The largest absolute Gasteiger partial charge is 0.377 e. The van der Waals surface area contributed by atoms with Crippen molar-refractivity contribution in [3.63, 3.8) is 0 Å². The van der Waals surface area contributed by atoms with Crippen LogP contribution in [-0.2, 0) is 14.8 Å². The minimum Gasteiger partial charge on any atom is -0.377 e. The topological polar surface area (TPSA) is 58.6 Å². The third kappa shape index (κ3) is 3.42. The molecule has 0 amide bonds. The highest BCUT2D eigenvalue weighted by Crippen LogP contribution is 2.28. The summed E-state index contributed by atoms with van der Waals surface area (Å²) in [5.41, 5.74) is 0. The summed E-state index contributed by atoms with van der Waals surface area (Å²) in [6, 6.07) is 0. The SMILES string of the molecule is Cl.O=S(=O)(CC1CCCO1)N1CCC2CNCC2C1. The molecule has 0 aromatic heterocycles. The maximum atomic E-state index is 12.4. The lowest BCUT2D eigenvalue weighted by atomic mass is 9.90. The fraction of sp³-hybridized carbons (Fsp3) is 1.00. The maximum Gasteiger partial charge on any atom is 0.216 e. The van der Waals surface area contributed by atoms with Gasteiger partial charge in [-0.3, -0.25) is 0 Å². The van der Waals surface area contributed by atoms with Gasteiger partial charge in [-0.1, -0.05) is 0 Å². The van der Waals surface area contributed by atoms with E-state index in [1.165, 1.54) is 0 Å². The zero-order chi connectivity index (χ0) is 12.6. The van der Waals surface area contributed by atoms with Crippen molar-refractivity contribution in [2.45, 2.75) is 25.4 Å². The Bertz CT molecular complexity index is 398. The molecule has 1 N–H and O–H groups in total. The highest BCUT2D eigenvalue weighted by atomic mass is 35.5. The molecule has 3 atom stereocenters. The molecule has 0 aromatic carbocycles. The van der Waals surface area contributed by atoms with Gasteiger partial charge in [-0.15, -0.1) is 12.4 Å². The van der Waals surface area contributed by atoms with Gasteiger partial charge in [0.15, 0.2) is 0 Å². The molecule has 0 spiro atoms. The van der Waals surface area contributed by atoms with Crippen molar-refractivity contribution in [1.29, 1.82) is 0 Å². The second-order valence-corrected chi connectivity index (χ2v) is 7.75. The number of hydrogen-bond donors (Lipinski definition) is 1. The van der Waals surface area contributed by atoms with Crippen LogP contribution in [0.1, 0.15) is 19.3 Å². The van der Waals surface area contributed by atoms with Crippen LogP contribution in [0.25, 0.3) is 0 Å². The number of fused-ring (bicyclic) bond motifs is 1. The molecule has 0 aromatic rings. The van der Waals surface area contributed by atoms with Gasteiger partial charge in [0, 0.05) is 19.7 Å². The van der Waals surface area contributed by atoms with Gasteiger partial charge < -0.3 is 10.1 Å². The van der Waals surface area contributed by atoms with Crippen LogP contribution in [0.3, 0.4) is 0 Å². The van der Waals surface area contributed by atoms with Gasteiger partial charge in [0.25, 0.3) is 0 Å². The summed E-state index contributed by atoms with van der Waals surface area (Å²) in [7, 11) is -3.12. The predicted molar refractivity (Wildman–Crippen MR) is 76.0 cm³/mol. The van der Waals surface area contributed by atoms with E-state index in [-0.39, 0.29) is 24.3 Å². The summed E-state index contributed by atoms with van der Waals surface area (Å²) in [6.07, 6.45) is 2.81. The van der Waals surface area contributed by atoms with Crippen molar-refractivity contribution >= 4 is 22.4 Å². The van der Waals surface area contributed by atoms with E-state index in [0.717, 1.165) is 39.0 Å². The van der Waals surface area contributed by atoms with Crippen molar-refractivity contribution in [1.82, 2.24) is 9.62 Å². The van der Waals surface area contributed by atoms with E-state index in [1.807, 2.05) is 0 Å². The Morgan fingerprint density at radius 1 is 1.21 bits per heavy atom. The highest BCUT2D eigenvalue weighted by molar-refractivity contribution is 7.89.